The van der Waals surface area contributed by atoms with Crippen molar-refractivity contribution in [1.82, 2.24) is 20.5 Å². The molecule has 1 fully saturated rings. The van der Waals surface area contributed by atoms with E-state index in [9.17, 15) is 5.11 Å². The van der Waals surface area contributed by atoms with Crippen LogP contribution < -0.4 is 10.6 Å². The highest BCUT2D eigenvalue weighted by atomic mass is 127. The summed E-state index contributed by atoms with van der Waals surface area (Å²) in [7, 11) is 0. The van der Waals surface area contributed by atoms with Crippen LogP contribution in [0.1, 0.15) is 31.0 Å². The Hall–Kier alpha value is -1.87. The molecule has 0 spiro atoms. The SMILES string of the molecule is CCNC(=NCCc1cccc(O)c1)NC1CCN(Cc2ccccn2)CC1.I. The predicted octanol–water partition coefficient (Wildman–Crippen LogP) is 3.17. The molecule has 6 nitrogen and oxygen atoms in total. The average Bonchev–Trinajstić information content (AvgIpc) is 2.70. The number of hydrogen-bond acceptors (Lipinski definition) is 4. The van der Waals surface area contributed by atoms with E-state index in [0.29, 0.717) is 18.3 Å². The summed E-state index contributed by atoms with van der Waals surface area (Å²) in [5, 5.41) is 16.5. The van der Waals surface area contributed by atoms with Gasteiger partial charge in [-0.25, -0.2) is 0 Å². The number of halogens is 1. The third kappa shape index (κ3) is 8.18. The number of aliphatic imine (C=N–C) groups is 1. The van der Waals surface area contributed by atoms with Gasteiger partial charge in [0, 0.05) is 45.0 Å². The van der Waals surface area contributed by atoms with Crippen molar-refractivity contribution in [3.05, 3.63) is 59.9 Å². The van der Waals surface area contributed by atoms with Crippen molar-refractivity contribution in [1.29, 1.82) is 0 Å². The summed E-state index contributed by atoms with van der Waals surface area (Å²) in [5.74, 6) is 1.19. The quantitative estimate of drug-likeness (QED) is 0.304. The van der Waals surface area contributed by atoms with Gasteiger partial charge in [-0.2, -0.15) is 0 Å². The highest BCUT2D eigenvalue weighted by Gasteiger charge is 2.20. The van der Waals surface area contributed by atoms with Crippen molar-refractivity contribution in [2.75, 3.05) is 26.2 Å². The zero-order valence-corrected chi connectivity index (χ0v) is 19.4. The maximum atomic E-state index is 9.57. The van der Waals surface area contributed by atoms with Gasteiger partial charge < -0.3 is 15.7 Å². The standard InChI is InChI=1S/C22H31N5O.HI/c1-2-23-22(25-13-9-18-6-5-8-21(28)16-18)26-19-10-14-27(15-11-19)17-20-7-3-4-12-24-20;/h3-8,12,16,19,28H,2,9-11,13-15,17H2,1H3,(H2,23,25,26);1H. The van der Waals surface area contributed by atoms with Gasteiger partial charge in [0.15, 0.2) is 5.96 Å². The van der Waals surface area contributed by atoms with E-state index in [1.165, 1.54) is 0 Å². The van der Waals surface area contributed by atoms with Gasteiger partial charge in [-0.05, 0) is 56.0 Å². The molecule has 1 saturated heterocycles. The Labute approximate surface area is 190 Å². The van der Waals surface area contributed by atoms with Gasteiger partial charge in [0.2, 0.25) is 0 Å². The van der Waals surface area contributed by atoms with E-state index < -0.39 is 0 Å². The Kier molecular flexibility index (Phi) is 10.2. The first-order valence-electron chi connectivity index (χ1n) is 10.2. The molecule has 0 atom stereocenters. The molecular formula is C22H32IN5O. The summed E-state index contributed by atoms with van der Waals surface area (Å²) in [6.07, 6.45) is 4.88. The van der Waals surface area contributed by atoms with Gasteiger partial charge in [0.05, 0.1) is 5.69 Å². The number of piperidine rings is 1. The number of likely N-dealkylation sites (tertiary alicyclic amines) is 1. The number of aromatic nitrogens is 1. The van der Waals surface area contributed by atoms with Crippen molar-refractivity contribution < 1.29 is 5.11 Å². The highest BCUT2D eigenvalue weighted by molar-refractivity contribution is 14.0. The van der Waals surface area contributed by atoms with E-state index in [0.717, 1.165) is 62.7 Å². The summed E-state index contributed by atoms with van der Waals surface area (Å²) in [5.41, 5.74) is 2.23. The summed E-state index contributed by atoms with van der Waals surface area (Å²) in [4.78, 5) is 11.6. The Morgan fingerprint density at radius 2 is 2.03 bits per heavy atom. The van der Waals surface area contributed by atoms with Crippen LogP contribution in [0.2, 0.25) is 0 Å². The minimum absolute atomic E-state index is 0. The lowest BCUT2D eigenvalue weighted by molar-refractivity contribution is 0.196. The molecule has 0 saturated carbocycles. The van der Waals surface area contributed by atoms with Gasteiger partial charge in [0.1, 0.15) is 5.75 Å². The van der Waals surface area contributed by atoms with Crippen molar-refractivity contribution >= 4 is 29.9 Å². The summed E-state index contributed by atoms with van der Waals surface area (Å²) in [6, 6.07) is 13.9. The zero-order chi connectivity index (χ0) is 19.6. The number of guanidine groups is 1. The number of aromatic hydroxyl groups is 1. The van der Waals surface area contributed by atoms with Crippen LogP contribution in [0, 0.1) is 0 Å². The molecule has 158 valence electrons. The molecule has 29 heavy (non-hydrogen) atoms. The van der Waals surface area contributed by atoms with Gasteiger partial charge in [-0.15, -0.1) is 24.0 Å². The Morgan fingerprint density at radius 3 is 2.72 bits per heavy atom. The molecule has 2 aromatic rings. The molecule has 7 heteroatoms. The highest BCUT2D eigenvalue weighted by Crippen LogP contribution is 2.13. The number of rotatable bonds is 7. The molecule has 2 heterocycles. The fourth-order valence-electron chi connectivity index (χ4n) is 3.48. The van der Waals surface area contributed by atoms with Gasteiger partial charge in [-0.3, -0.25) is 14.9 Å². The third-order valence-corrected chi connectivity index (χ3v) is 4.97. The summed E-state index contributed by atoms with van der Waals surface area (Å²) in [6.45, 7) is 6.68. The van der Waals surface area contributed by atoms with Crippen LogP contribution in [-0.2, 0) is 13.0 Å². The molecule has 1 aromatic heterocycles. The van der Waals surface area contributed by atoms with E-state index in [1.54, 1.807) is 12.1 Å². The smallest absolute Gasteiger partial charge is 0.191 e. The Balaban J connectivity index is 0.00000300. The third-order valence-electron chi connectivity index (χ3n) is 4.97. The second-order valence-corrected chi connectivity index (χ2v) is 7.20. The maximum Gasteiger partial charge on any atom is 0.191 e. The summed E-state index contributed by atoms with van der Waals surface area (Å²) < 4.78 is 0. The lowest BCUT2D eigenvalue weighted by atomic mass is 10.0. The first-order valence-corrected chi connectivity index (χ1v) is 10.2. The van der Waals surface area contributed by atoms with E-state index in [4.69, 9.17) is 4.99 Å². The largest absolute Gasteiger partial charge is 0.508 e. The van der Waals surface area contributed by atoms with Crippen LogP contribution >= 0.6 is 24.0 Å². The van der Waals surface area contributed by atoms with Gasteiger partial charge in [-0.1, -0.05) is 18.2 Å². The van der Waals surface area contributed by atoms with Crippen LogP contribution in [0.4, 0.5) is 0 Å². The predicted molar refractivity (Wildman–Crippen MR) is 129 cm³/mol. The summed E-state index contributed by atoms with van der Waals surface area (Å²) >= 11 is 0. The lowest BCUT2D eigenvalue weighted by Crippen LogP contribution is -2.48. The van der Waals surface area contributed by atoms with Crippen molar-refractivity contribution in [3.8, 4) is 5.75 Å². The number of phenols is 1. The number of phenolic OH excluding ortho intramolecular Hbond substituents is 1. The average molecular weight is 509 g/mol. The molecule has 0 radical (unpaired) electrons. The zero-order valence-electron chi connectivity index (χ0n) is 17.1. The molecule has 0 bridgehead atoms. The molecule has 1 aromatic carbocycles. The van der Waals surface area contributed by atoms with Crippen LogP contribution in [0.25, 0.3) is 0 Å². The van der Waals surface area contributed by atoms with Crippen LogP contribution in [-0.4, -0.2) is 53.2 Å². The van der Waals surface area contributed by atoms with Gasteiger partial charge >= 0.3 is 0 Å². The monoisotopic (exact) mass is 509 g/mol. The molecule has 0 amide bonds. The number of nitrogens with zero attached hydrogens (tertiary/aromatic N) is 3. The maximum absolute atomic E-state index is 9.57. The second-order valence-electron chi connectivity index (χ2n) is 7.20. The number of hydrogen-bond donors (Lipinski definition) is 3. The molecule has 3 N–H and O–H groups in total. The van der Waals surface area contributed by atoms with E-state index in [-0.39, 0.29) is 24.0 Å². The van der Waals surface area contributed by atoms with Crippen LogP contribution in [0.3, 0.4) is 0 Å². The Morgan fingerprint density at radius 1 is 1.21 bits per heavy atom. The van der Waals surface area contributed by atoms with Crippen molar-refractivity contribution in [3.63, 3.8) is 0 Å². The number of pyridine rings is 1. The van der Waals surface area contributed by atoms with Crippen LogP contribution in [0.5, 0.6) is 5.75 Å². The van der Waals surface area contributed by atoms with E-state index in [1.807, 2.05) is 30.5 Å². The van der Waals surface area contributed by atoms with E-state index in [2.05, 4.69) is 33.5 Å². The van der Waals surface area contributed by atoms with Gasteiger partial charge in [0.25, 0.3) is 0 Å². The fraction of sp³-hybridized carbons (Fsp3) is 0.455. The number of benzene rings is 1. The first kappa shape index (κ1) is 23.4. The van der Waals surface area contributed by atoms with Crippen molar-refractivity contribution in [2.24, 2.45) is 4.99 Å². The van der Waals surface area contributed by atoms with E-state index >= 15 is 0 Å². The topological polar surface area (TPSA) is 72.8 Å². The van der Waals surface area contributed by atoms with Crippen LogP contribution in [0.15, 0.2) is 53.7 Å². The molecule has 1 aliphatic heterocycles. The number of nitrogens with one attached hydrogen (secondary N) is 2. The molecule has 3 rings (SSSR count). The lowest BCUT2D eigenvalue weighted by Gasteiger charge is -2.32. The fourth-order valence-corrected chi connectivity index (χ4v) is 3.48. The second kappa shape index (κ2) is 12.6. The Bertz CT molecular complexity index is 748. The molecular weight excluding hydrogens is 477 g/mol. The molecule has 1 aliphatic rings. The molecule has 0 aliphatic carbocycles. The molecule has 0 unspecified atom stereocenters. The minimum atomic E-state index is 0. The first-order chi connectivity index (χ1) is 13.7. The minimum Gasteiger partial charge on any atom is -0.508 e. The normalized spacial score (nSPS) is 15.6. The van der Waals surface area contributed by atoms with Crippen molar-refractivity contribution in [2.45, 2.75) is 38.8 Å².